The molecule has 144 valence electrons. The molecule has 5 nitrogen and oxygen atoms in total. The topological polar surface area (TPSA) is 61.8 Å². The lowest BCUT2D eigenvalue weighted by Gasteiger charge is -2.59. The molecule has 1 aliphatic heterocycles. The van der Waals surface area contributed by atoms with E-state index in [4.69, 9.17) is 14.2 Å². The quantitative estimate of drug-likeness (QED) is 0.431. The highest BCUT2D eigenvalue weighted by Gasteiger charge is 2.70. The summed E-state index contributed by atoms with van der Waals surface area (Å²) in [5, 5.41) is 0. The van der Waals surface area contributed by atoms with Gasteiger partial charge in [0, 0.05) is 5.57 Å². The molecule has 1 unspecified atom stereocenters. The van der Waals surface area contributed by atoms with E-state index in [1.807, 2.05) is 0 Å². The fourth-order valence-electron chi connectivity index (χ4n) is 3.32. The van der Waals surface area contributed by atoms with Crippen molar-refractivity contribution in [3.8, 4) is 35.5 Å². The molecule has 1 heterocycles. The first-order valence-electron chi connectivity index (χ1n) is 8.49. The molecule has 0 N–H and O–H groups in total. The Morgan fingerprint density at radius 1 is 1.04 bits per heavy atom. The maximum atomic E-state index is 12.4. The van der Waals surface area contributed by atoms with Crippen LogP contribution in [0.3, 0.4) is 0 Å². The van der Waals surface area contributed by atoms with Gasteiger partial charge in [0.25, 0.3) is 0 Å². The van der Waals surface area contributed by atoms with Crippen LogP contribution >= 0.6 is 0 Å². The van der Waals surface area contributed by atoms with Crippen LogP contribution in [0.15, 0.2) is 12.2 Å². The van der Waals surface area contributed by atoms with E-state index < -0.39 is 34.3 Å². The third-order valence-electron chi connectivity index (χ3n) is 5.30. The van der Waals surface area contributed by atoms with Crippen LogP contribution in [0.25, 0.3) is 0 Å². The smallest absolute Gasteiger partial charge is 0.442 e. The molecule has 1 aliphatic rings. The second-order valence-electron chi connectivity index (χ2n) is 7.68. The van der Waals surface area contributed by atoms with Gasteiger partial charge in [0.1, 0.15) is 11.2 Å². The van der Waals surface area contributed by atoms with E-state index >= 15 is 0 Å². The van der Waals surface area contributed by atoms with Crippen molar-refractivity contribution in [1.82, 2.24) is 0 Å². The Morgan fingerprint density at radius 3 is 1.96 bits per heavy atom. The molecule has 27 heavy (non-hydrogen) atoms. The number of hydrogen-bond acceptors (Lipinski definition) is 5. The maximum Gasteiger partial charge on any atom is 0.509 e. The minimum Gasteiger partial charge on any atom is -0.442 e. The molecule has 0 amide bonds. The lowest BCUT2D eigenvalue weighted by Crippen LogP contribution is -2.72. The van der Waals surface area contributed by atoms with Crippen molar-refractivity contribution in [1.29, 1.82) is 0 Å². The summed E-state index contributed by atoms with van der Waals surface area (Å²) in [6, 6.07) is 0. The van der Waals surface area contributed by atoms with Gasteiger partial charge in [0.15, 0.2) is 5.60 Å². The van der Waals surface area contributed by atoms with Crippen molar-refractivity contribution in [3.63, 3.8) is 0 Å². The van der Waals surface area contributed by atoms with Gasteiger partial charge >= 0.3 is 12.1 Å². The Hall–Kier alpha value is -2.84. The molecule has 0 spiro atoms. The van der Waals surface area contributed by atoms with Gasteiger partial charge < -0.3 is 14.2 Å². The van der Waals surface area contributed by atoms with Gasteiger partial charge in [-0.3, -0.25) is 0 Å². The zero-order chi connectivity index (χ0) is 21.1. The summed E-state index contributed by atoms with van der Waals surface area (Å²) in [7, 11) is 0. The molecule has 0 saturated carbocycles. The van der Waals surface area contributed by atoms with Crippen LogP contribution in [0.5, 0.6) is 0 Å². The summed E-state index contributed by atoms with van der Waals surface area (Å²) in [5.74, 6) is 15.5. The van der Waals surface area contributed by atoms with Gasteiger partial charge in [0.05, 0.1) is 5.41 Å². The van der Waals surface area contributed by atoms with Crippen molar-refractivity contribution in [3.05, 3.63) is 12.2 Å². The van der Waals surface area contributed by atoms with Crippen LogP contribution in [-0.4, -0.2) is 28.9 Å². The zero-order valence-electron chi connectivity index (χ0n) is 17.2. The average molecular weight is 370 g/mol. The van der Waals surface area contributed by atoms with Crippen molar-refractivity contribution < 1.29 is 23.8 Å². The molecule has 1 fully saturated rings. The van der Waals surface area contributed by atoms with Crippen molar-refractivity contribution in [2.24, 2.45) is 5.41 Å². The van der Waals surface area contributed by atoms with Crippen LogP contribution in [0.2, 0.25) is 0 Å². The average Bonchev–Trinajstić information content (AvgIpc) is 2.50. The lowest BCUT2D eigenvalue weighted by atomic mass is 9.55. The molecular formula is C22H26O5. The second-order valence-corrected chi connectivity index (χ2v) is 7.68. The van der Waals surface area contributed by atoms with Crippen LogP contribution in [0, 0.1) is 40.9 Å². The van der Waals surface area contributed by atoms with E-state index in [9.17, 15) is 9.59 Å². The molecular weight excluding hydrogens is 344 g/mol. The first-order chi connectivity index (χ1) is 12.2. The first kappa shape index (κ1) is 22.2. The Morgan fingerprint density at radius 2 is 1.52 bits per heavy atom. The standard InChI is InChI=1S/C22H26O5/c1-10-11-12-13-14-15-21(8,25-17(23)16(2)3)22(9)19(4,5)26-18(24)27-20(22,6)7/h2H2,1,3-9H3. The van der Waals surface area contributed by atoms with Crippen LogP contribution in [-0.2, 0) is 19.0 Å². The lowest BCUT2D eigenvalue weighted by molar-refractivity contribution is -0.275. The maximum absolute atomic E-state index is 12.4. The highest BCUT2D eigenvalue weighted by atomic mass is 16.8. The number of ether oxygens (including phenoxy) is 3. The molecule has 1 saturated heterocycles. The predicted octanol–water partition coefficient (Wildman–Crippen LogP) is 3.62. The van der Waals surface area contributed by atoms with Gasteiger partial charge in [-0.25, -0.2) is 9.59 Å². The Kier molecular flexibility index (Phi) is 6.10. The largest absolute Gasteiger partial charge is 0.509 e. The third-order valence-corrected chi connectivity index (χ3v) is 5.30. The van der Waals surface area contributed by atoms with Crippen LogP contribution < -0.4 is 0 Å². The fourth-order valence-corrected chi connectivity index (χ4v) is 3.32. The summed E-state index contributed by atoms with van der Waals surface area (Å²) in [6.45, 7) is 17.2. The predicted molar refractivity (Wildman–Crippen MR) is 102 cm³/mol. The van der Waals surface area contributed by atoms with Gasteiger partial charge in [-0.15, -0.1) is 0 Å². The van der Waals surface area contributed by atoms with Crippen molar-refractivity contribution >= 4 is 12.1 Å². The fraction of sp³-hybridized carbons (Fsp3) is 0.545. The monoisotopic (exact) mass is 370 g/mol. The van der Waals surface area contributed by atoms with Crippen molar-refractivity contribution in [2.45, 2.75) is 72.2 Å². The Bertz CT molecular complexity index is 822. The summed E-state index contributed by atoms with van der Waals surface area (Å²) in [4.78, 5) is 24.3. The van der Waals surface area contributed by atoms with Crippen LogP contribution in [0.1, 0.15) is 55.4 Å². The van der Waals surface area contributed by atoms with E-state index in [0.29, 0.717) is 0 Å². The number of hydrogen-bond donors (Lipinski definition) is 0. The summed E-state index contributed by atoms with van der Waals surface area (Å²) in [5.41, 5.74) is -4.39. The van der Waals surface area contributed by atoms with Gasteiger partial charge in [-0.2, -0.15) is 0 Å². The number of esters is 1. The van der Waals surface area contributed by atoms with E-state index in [0.717, 1.165) is 0 Å². The SMILES string of the molecule is C=C(C)C(=O)OC(C)(C#CC#CC#CC)C1(C)C(C)(C)OC(=O)OC1(C)C. The Labute approximate surface area is 161 Å². The molecule has 0 aromatic carbocycles. The molecule has 5 heteroatoms. The molecule has 1 rings (SSSR count). The molecule has 0 aromatic heterocycles. The van der Waals surface area contributed by atoms with Gasteiger partial charge in [-0.05, 0) is 85.0 Å². The number of rotatable bonds is 3. The normalized spacial score (nSPS) is 20.4. The first-order valence-corrected chi connectivity index (χ1v) is 8.49. The highest BCUT2D eigenvalue weighted by Crippen LogP contribution is 2.56. The molecule has 0 radical (unpaired) electrons. The molecule has 1 atom stereocenters. The van der Waals surface area contributed by atoms with Crippen LogP contribution in [0.4, 0.5) is 4.79 Å². The van der Waals surface area contributed by atoms with Crippen molar-refractivity contribution in [2.75, 3.05) is 0 Å². The van der Waals surface area contributed by atoms with Gasteiger partial charge in [0.2, 0.25) is 0 Å². The van der Waals surface area contributed by atoms with E-state index in [1.165, 1.54) is 0 Å². The minimum atomic E-state index is -1.41. The van der Waals surface area contributed by atoms with E-state index in [-0.39, 0.29) is 5.57 Å². The second kappa shape index (κ2) is 7.42. The molecule has 0 aromatic rings. The van der Waals surface area contributed by atoms with E-state index in [1.54, 1.807) is 55.4 Å². The summed E-state index contributed by atoms with van der Waals surface area (Å²) < 4.78 is 16.7. The third kappa shape index (κ3) is 3.96. The molecule has 0 bridgehead atoms. The molecule has 0 aliphatic carbocycles. The number of carbonyl (C=O) groups is 2. The number of cyclic esters (lactones) is 2. The van der Waals surface area contributed by atoms with Gasteiger partial charge in [-0.1, -0.05) is 12.5 Å². The summed E-state index contributed by atoms with van der Waals surface area (Å²) in [6.07, 6.45) is -0.790. The minimum absolute atomic E-state index is 0.221. The number of carbonyl (C=O) groups excluding carboxylic acids is 2. The zero-order valence-corrected chi connectivity index (χ0v) is 17.2. The van der Waals surface area contributed by atoms with E-state index in [2.05, 4.69) is 42.1 Å². The Balaban J connectivity index is 3.66. The summed E-state index contributed by atoms with van der Waals surface area (Å²) >= 11 is 0. The highest BCUT2D eigenvalue weighted by molar-refractivity contribution is 5.87.